The van der Waals surface area contributed by atoms with Gasteiger partial charge in [0.2, 0.25) is 17.8 Å². The monoisotopic (exact) mass is 509 g/mol. The second-order valence-electron chi connectivity index (χ2n) is 8.96. The van der Waals surface area contributed by atoms with E-state index in [1.54, 1.807) is 6.20 Å². The molecule has 1 aromatic carbocycles. The molecule has 1 fully saturated rings. The Labute approximate surface area is 205 Å². The van der Waals surface area contributed by atoms with Crippen molar-refractivity contribution in [2.24, 2.45) is 11.1 Å². The van der Waals surface area contributed by atoms with Gasteiger partial charge in [-0.2, -0.15) is 4.98 Å². The molecule has 3 aromatic rings. The summed E-state index contributed by atoms with van der Waals surface area (Å²) in [6.07, 6.45) is 4.15. The van der Waals surface area contributed by atoms with Gasteiger partial charge in [-0.05, 0) is 44.7 Å². The zero-order valence-electron chi connectivity index (χ0n) is 18.8. The predicted molar refractivity (Wildman–Crippen MR) is 130 cm³/mol. The number of nitrogens with two attached hydrogens (primary N) is 1. The van der Waals surface area contributed by atoms with Crippen molar-refractivity contribution in [2.75, 3.05) is 17.2 Å². The number of aliphatic hydroxyl groups excluding tert-OH is 1. The molecule has 5 N–H and O–H groups in total. The highest BCUT2D eigenvalue weighted by atomic mass is 35.5. The van der Waals surface area contributed by atoms with Crippen LogP contribution in [0.1, 0.15) is 45.6 Å². The Hall–Kier alpha value is -2.69. The van der Waals surface area contributed by atoms with Gasteiger partial charge in [-0.15, -0.1) is 0 Å². The van der Waals surface area contributed by atoms with E-state index in [1.165, 1.54) is 12.1 Å². The molecule has 0 bridgehead atoms. The average Bonchev–Trinajstić information content (AvgIpc) is 3.14. The third-order valence-electron chi connectivity index (χ3n) is 6.34. The first kappa shape index (κ1) is 24.4. The smallest absolute Gasteiger partial charge is 0.225 e. The molecular weight excluding hydrogens is 484 g/mol. The van der Waals surface area contributed by atoms with Gasteiger partial charge >= 0.3 is 0 Å². The predicted octanol–water partition coefficient (Wildman–Crippen LogP) is 4.42. The maximum absolute atomic E-state index is 13.7. The number of amides is 1. The number of aromatic nitrogens is 4. The third-order valence-corrected chi connectivity index (χ3v) is 6.94. The summed E-state index contributed by atoms with van der Waals surface area (Å²) in [7, 11) is 0. The van der Waals surface area contributed by atoms with Crippen molar-refractivity contribution < 1.29 is 14.3 Å². The van der Waals surface area contributed by atoms with E-state index >= 15 is 0 Å². The Morgan fingerprint density at radius 1 is 1.32 bits per heavy atom. The van der Waals surface area contributed by atoms with E-state index in [0.29, 0.717) is 54.4 Å². The van der Waals surface area contributed by atoms with Gasteiger partial charge in [0.15, 0.2) is 5.65 Å². The lowest BCUT2D eigenvalue weighted by Crippen LogP contribution is -2.38. The van der Waals surface area contributed by atoms with Crippen LogP contribution in [0.2, 0.25) is 10.0 Å². The number of nitrogens with zero attached hydrogens (tertiary/aromatic N) is 4. The molecule has 1 saturated carbocycles. The van der Waals surface area contributed by atoms with E-state index < -0.39 is 11.2 Å². The second-order valence-corrected chi connectivity index (χ2v) is 9.78. The van der Waals surface area contributed by atoms with Gasteiger partial charge < -0.3 is 21.5 Å². The minimum atomic E-state index is -0.567. The molecule has 12 heteroatoms. The molecule has 34 heavy (non-hydrogen) atoms. The van der Waals surface area contributed by atoms with Gasteiger partial charge in [0.1, 0.15) is 11.3 Å². The number of benzene rings is 1. The highest BCUT2D eigenvalue weighted by Gasteiger charge is 2.37. The second kappa shape index (κ2) is 9.52. The number of halogens is 3. The molecule has 1 atom stereocenters. The standard InChI is InChI=1S/C22H26Cl2FN7O2/c1-11(10-33)28-20-27-9-16-18(31-20)32(13-3-5-22(2,6-4-13)19(26)34)21(29-16)30-17-14(23)7-12(25)8-15(17)24/h7-9,11,13,33H,3-6,10H2,1-2H3,(H2,26,34)(H,29,30)(H,27,28,31)/t11-,13-,22+/m0/s1. The minimum absolute atomic E-state index is 0.0454. The Morgan fingerprint density at radius 3 is 2.56 bits per heavy atom. The van der Waals surface area contributed by atoms with Crippen LogP contribution in [0.25, 0.3) is 11.2 Å². The maximum atomic E-state index is 13.7. The fraction of sp³-hybridized carbons (Fsp3) is 0.455. The van der Waals surface area contributed by atoms with Crippen LogP contribution in [0.4, 0.5) is 22.0 Å². The number of aliphatic hydroxyl groups is 1. The number of fused-ring (bicyclic) bond motifs is 1. The molecule has 182 valence electrons. The Bertz CT molecular complexity index is 1200. The summed E-state index contributed by atoms with van der Waals surface area (Å²) in [4.78, 5) is 25.5. The summed E-state index contributed by atoms with van der Waals surface area (Å²) in [5, 5.41) is 15.8. The van der Waals surface area contributed by atoms with Gasteiger partial charge in [0, 0.05) is 17.5 Å². The number of hydrogen-bond donors (Lipinski definition) is 4. The number of nitrogens with one attached hydrogen (secondary N) is 2. The summed E-state index contributed by atoms with van der Waals surface area (Å²) in [6.45, 7) is 3.61. The van der Waals surface area contributed by atoms with Gasteiger partial charge in [-0.1, -0.05) is 30.1 Å². The lowest BCUT2D eigenvalue weighted by atomic mass is 9.73. The summed E-state index contributed by atoms with van der Waals surface area (Å²) in [5.41, 5.74) is 6.48. The summed E-state index contributed by atoms with van der Waals surface area (Å²) < 4.78 is 15.6. The lowest BCUT2D eigenvalue weighted by molar-refractivity contribution is -0.128. The van der Waals surface area contributed by atoms with Crippen molar-refractivity contribution in [3.8, 4) is 0 Å². The Morgan fingerprint density at radius 2 is 1.97 bits per heavy atom. The van der Waals surface area contributed by atoms with Crippen LogP contribution in [0.3, 0.4) is 0 Å². The van der Waals surface area contributed by atoms with E-state index in [0.717, 1.165) is 0 Å². The van der Waals surface area contributed by atoms with Crippen LogP contribution < -0.4 is 16.4 Å². The Kier molecular flexibility index (Phi) is 6.84. The number of imidazole rings is 1. The SMILES string of the molecule is C[C@@H](CO)Nc1ncc2nc(Nc3c(Cl)cc(F)cc3Cl)n([C@H]3CC[C@@](C)(C(N)=O)CC3)c2n1. The number of rotatable bonds is 7. The van der Waals surface area contributed by atoms with E-state index in [1.807, 2.05) is 18.4 Å². The number of primary amides is 1. The van der Waals surface area contributed by atoms with Gasteiger partial charge in [-0.25, -0.2) is 14.4 Å². The molecule has 1 amide bonds. The average molecular weight is 510 g/mol. The molecule has 1 aliphatic carbocycles. The van der Waals surface area contributed by atoms with Crippen LogP contribution in [-0.4, -0.2) is 43.2 Å². The van der Waals surface area contributed by atoms with E-state index in [2.05, 4.69) is 25.6 Å². The molecule has 0 saturated heterocycles. The van der Waals surface area contributed by atoms with E-state index in [-0.39, 0.29) is 34.6 Å². The van der Waals surface area contributed by atoms with Gasteiger partial charge in [-0.3, -0.25) is 9.36 Å². The summed E-state index contributed by atoms with van der Waals surface area (Å²) in [5.74, 6) is -0.0970. The van der Waals surface area contributed by atoms with Crippen LogP contribution in [0, 0.1) is 11.2 Å². The number of hydrogen-bond acceptors (Lipinski definition) is 7. The van der Waals surface area contributed by atoms with E-state index in [4.69, 9.17) is 28.9 Å². The van der Waals surface area contributed by atoms with Crippen molar-refractivity contribution in [3.05, 3.63) is 34.2 Å². The van der Waals surface area contributed by atoms with Crippen molar-refractivity contribution in [3.63, 3.8) is 0 Å². The zero-order valence-corrected chi connectivity index (χ0v) is 20.3. The molecular formula is C22H26Cl2FN7O2. The highest BCUT2D eigenvalue weighted by molar-refractivity contribution is 6.39. The molecule has 0 spiro atoms. The van der Waals surface area contributed by atoms with Crippen LogP contribution >= 0.6 is 23.2 Å². The maximum Gasteiger partial charge on any atom is 0.225 e. The first-order valence-electron chi connectivity index (χ1n) is 10.9. The molecule has 2 heterocycles. The quantitative estimate of drug-likeness (QED) is 0.370. The van der Waals surface area contributed by atoms with Crippen molar-refractivity contribution in [1.29, 1.82) is 0 Å². The molecule has 1 aliphatic rings. The number of carbonyl (C=O) groups excluding carboxylic acids is 1. The zero-order chi connectivity index (χ0) is 24.6. The van der Waals surface area contributed by atoms with Crippen LogP contribution in [0.5, 0.6) is 0 Å². The molecule has 9 nitrogen and oxygen atoms in total. The van der Waals surface area contributed by atoms with Gasteiger partial charge in [0.25, 0.3) is 0 Å². The topological polar surface area (TPSA) is 131 Å². The van der Waals surface area contributed by atoms with Gasteiger partial charge in [0.05, 0.1) is 28.5 Å². The molecule has 0 radical (unpaired) electrons. The number of anilines is 3. The van der Waals surface area contributed by atoms with Crippen molar-refractivity contribution in [2.45, 2.75) is 51.6 Å². The molecule has 4 rings (SSSR count). The van der Waals surface area contributed by atoms with Crippen LogP contribution in [0.15, 0.2) is 18.3 Å². The Balaban J connectivity index is 1.78. The molecule has 0 aliphatic heterocycles. The highest BCUT2D eigenvalue weighted by Crippen LogP contribution is 2.43. The molecule has 2 aromatic heterocycles. The normalized spacial score (nSPS) is 21.4. The van der Waals surface area contributed by atoms with Crippen molar-refractivity contribution >= 4 is 57.9 Å². The molecule has 0 unspecified atom stereocenters. The largest absolute Gasteiger partial charge is 0.394 e. The first-order valence-corrected chi connectivity index (χ1v) is 11.7. The summed E-state index contributed by atoms with van der Waals surface area (Å²) in [6, 6.07) is 2.05. The summed E-state index contributed by atoms with van der Waals surface area (Å²) >= 11 is 12.5. The van der Waals surface area contributed by atoms with Crippen molar-refractivity contribution in [1.82, 2.24) is 19.5 Å². The fourth-order valence-corrected chi connectivity index (χ4v) is 4.73. The third kappa shape index (κ3) is 4.75. The minimum Gasteiger partial charge on any atom is -0.394 e. The first-order chi connectivity index (χ1) is 16.1. The fourth-order valence-electron chi connectivity index (χ4n) is 4.18. The van der Waals surface area contributed by atoms with Crippen LogP contribution in [-0.2, 0) is 4.79 Å². The number of carbonyl (C=O) groups is 1. The van der Waals surface area contributed by atoms with E-state index in [9.17, 15) is 14.3 Å². The lowest BCUT2D eigenvalue weighted by Gasteiger charge is -2.35.